The van der Waals surface area contributed by atoms with Crippen molar-refractivity contribution in [3.63, 3.8) is 0 Å². The lowest BCUT2D eigenvalue weighted by atomic mass is 10.0. The molecule has 2 rings (SSSR count). The monoisotopic (exact) mass is 262 g/mol. The van der Waals surface area contributed by atoms with Gasteiger partial charge in [0.25, 0.3) is 0 Å². The number of nitrogen functional groups attached to an aromatic ring is 1. The summed E-state index contributed by atoms with van der Waals surface area (Å²) in [5.74, 6) is -0.0742. The Morgan fingerprint density at radius 1 is 1.37 bits per heavy atom. The summed E-state index contributed by atoms with van der Waals surface area (Å²) < 4.78 is 0. The highest BCUT2D eigenvalue weighted by atomic mass is 16.4. The zero-order valence-electron chi connectivity index (χ0n) is 11.2. The molecule has 0 bridgehead atoms. The highest BCUT2D eigenvalue weighted by Gasteiger charge is 2.14. The Kier molecular flexibility index (Phi) is 4.66. The van der Waals surface area contributed by atoms with Gasteiger partial charge >= 0.3 is 5.97 Å². The molecule has 0 spiro atoms. The third-order valence-corrected chi connectivity index (χ3v) is 3.88. The first-order chi connectivity index (χ1) is 9.16. The molecule has 0 radical (unpaired) electrons. The molecule has 1 fully saturated rings. The van der Waals surface area contributed by atoms with Crippen LogP contribution in [0, 0.1) is 5.92 Å². The fourth-order valence-electron chi connectivity index (χ4n) is 2.77. The van der Waals surface area contributed by atoms with Gasteiger partial charge in [-0.2, -0.15) is 0 Å². The van der Waals surface area contributed by atoms with Gasteiger partial charge in [0, 0.05) is 17.9 Å². The Labute approximate surface area is 114 Å². The van der Waals surface area contributed by atoms with Crippen molar-refractivity contribution in [3.8, 4) is 0 Å². The number of hydrogen-bond acceptors (Lipinski definition) is 3. The van der Waals surface area contributed by atoms with Crippen LogP contribution in [0.25, 0.3) is 0 Å². The molecule has 0 saturated heterocycles. The van der Waals surface area contributed by atoms with E-state index in [1.54, 1.807) is 12.1 Å². The lowest BCUT2D eigenvalue weighted by Crippen LogP contribution is -2.07. The van der Waals surface area contributed by atoms with Crippen LogP contribution in [0.4, 0.5) is 11.4 Å². The van der Waals surface area contributed by atoms with Crippen LogP contribution in [0.2, 0.25) is 0 Å². The van der Waals surface area contributed by atoms with Crippen LogP contribution in [0.15, 0.2) is 18.2 Å². The van der Waals surface area contributed by atoms with E-state index in [0.29, 0.717) is 5.69 Å². The normalized spacial score (nSPS) is 15.6. The minimum absolute atomic E-state index is 0.167. The standard InChI is InChI=1S/C15H22N2O2/c16-14-8-7-12(10-13(14)15(18)19)17-9-3-6-11-4-1-2-5-11/h7-8,10-11,17H,1-6,9,16H2,(H,18,19). The molecule has 19 heavy (non-hydrogen) atoms. The molecule has 4 N–H and O–H groups in total. The van der Waals surface area contributed by atoms with Gasteiger partial charge in [-0.3, -0.25) is 0 Å². The van der Waals surface area contributed by atoms with Crippen LogP contribution in [-0.2, 0) is 0 Å². The van der Waals surface area contributed by atoms with E-state index in [0.717, 1.165) is 24.6 Å². The smallest absolute Gasteiger partial charge is 0.337 e. The minimum atomic E-state index is -0.980. The van der Waals surface area contributed by atoms with E-state index in [-0.39, 0.29) is 5.56 Å². The molecule has 0 heterocycles. The van der Waals surface area contributed by atoms with Crippen molar-refractivity contribution in [3.05, 3.63) is 23.8 Å². The Morgan fingerprint density at radius 3 is 2.79 bits per heavy atom. The molecule has 0 atom stereocenters. The van der Waals surface area contributed by atoms with Crippen LogP contribution >= 0.6 is 0 Å². The summed E-state index contributed by atoms with van der Waals surface area (Å²) in [5.41, 5.74) is 6.93. The molecule has 4 nitrogen and oxygen atoms in total. The number of nitrogens with one attached hydrogen (secondary N) is 1. The fraction of sp³-hybridized carbons (Fsp3) is 0.533. The first-order valence-corrected chi connectivity index (χ1v) is 7.03. The second kappa shape index (κ2) is 6.45. The van der Waals surface area contributed by atoms with Crippen molar-refractivity contribution in [2.45, 2.75) is 38.5 Å². The zero-order valence-corrected chi connectivity index (χ0v) is 11.2. The van der Waals surface area contributed by atoms with Crippen molar-refractivity contribution in [2.24, 2.45) is 5.92 Å². The van der Waals surface area contributed by atoms with E-state index in [9.17, 15) is 4.79 Å². The molecule has 1 aliphatic rings. The number of rotatable bonds is 6. The summed E-state index contributed by atoms with van der Waals surface area (Å²) in [6.45, 7) is 0.888. The molecule has 0 amide bonds. The topological polar surface area (TPSA) is 75.3 Å². The Balaban J connectivity index is 1.79. The highest BCUT2D eigenvalue weighted by Crippen LogP contribution is 2.28. The van der Waals surface area contributed by atoms with E-state index in [2.05, 4.69) is 5.32 Å². The van der Waals surface area contributed by atoms with Crippen LogP contribution < -0.4 is 11.1 Å². The number of hydrogen-bond donors (Lipinski definition) is 3. The molecule has 0 aliphatic heterocycles. The van der Waals surface area contributed by atoms with Gasteiger partial charge in [0.05, 0.1) is 5.56 Å². The third-order valence-electron chi connectivity index (χ3n) is 3.88. The maximum Gasteiger partial charge on any atom is 0.337 e. The minimum Gasteiger partial charge on any atom is -0.478 e. The summed E-state index contributed by atoms with van der Waals surface area (Å²) >= 11 is 0. The number of nitrogens with two attached hydrogens (primary N) is 1. The first kappa shape index (κ1) is 13.7. The molecular formula is C15H22N2O2. The first-order valence-electron chi connectivity index (χ1n) is 7.03. The lowest BCUT2D eigenvalue weighted by molar-refractivity contribution is 0.0698. The quantitative estimate of drug-likeness (QED) is 0.543. The predicted molar refractivity (Wildman–Crippen MR) is 77.5 cm³/mol. The summed E-state index contributed by atoms with van der Waals surface area (Å²) in [5, 5.41) is 12.3. The summed E-state index contributed by atoms with van der Waals surface area (Å²) in [6.07, 6.45) is 7.94. The predicted octanol–water partition coefficient (Wildman–Crippen LogP) is 3.35. The van der Waals surface area contributed by atoms with Gasteiger partial charge < -0.3 is 16.2 Å². The Hall–Kier alpha value is -1.71. The molecule has 0 unspecified atom stereocenters. The van der Waals surface area contributed by atoms with E-state index in [1.165, 1.54) is 32.1 Å². The average Bonchev–Trinajstić information content (AvgIpc) is 2.89. The SMILES string of the molecule is Nc1ccc(NCCCC2CCCC2)cc1C(=O)O. The van der Waals surface area contributed by atoms with Crippen molar-refractivity contribution in [1.82, 2.24) is 0 Å². The van der Waals surface area contributed by atoms with E-state index in [4.69, 9.17) is 10.8 Å². The third kappa shape index (κ3) is 3.88. The molecule has 104 valence electrons. The van der Waals surface area contributed by atoms with Gasteiger partial charge in [0.15, 0.2) is 0 Å². The van der Waals surface area contributed by atoms with Crippen LogP contribution in [0.1, 0.15) is 48.9 Å². The fourth-order valence-corrected chi connectivity index (χ4v) is 2.77. The van der Waals surface area contributed by atoms with Crippen LogP contribution in [0.5, 0.6) is 0 Å². The van der Waals surface area contributed by atoms with Crippen molar-refractivity contribution in [2.75, 3.05) is 17.6 Å². The van der Waals surface area contributed by atoms with Gasteiger partial charge in [0.1, 0.15) is 0 Å². The summed E-state index contributed by atoms with van der Waals surface area (Å²) in [4.78, 5) is 11.0. The van der Waals surface area contributed by atoms with Crippen molar-refractivity contribution >= 4 is 17.3 Å². The molecule has 1 saturated carbocycles. The number of carboxylic acid groups (broad SMARTS) is 1. The summed E-state index contributed by atoms with van der Waals surface area (Å²) in [6, 6.07) is 5.08. The number of benzene rings is 1. The van der Waals surface area contributed by atoms with Gasteiger partial charge in [0.2, 0.25) is 0 Å². The van der Waals surface area contributed by atoms with Gasteiger partial charge in [-0.1, -0.05) is 25.7 Å². The molecular weight excluding hydrogens is 240 g/mol. The maximum absolute atomic E-state index is 11.0. The second-order valence-electron chi connectivity index (χ2n) is 5.33. The van der Waals surface area contributed by atoms with E-state index < -0.39 is 5.97 Å². The van der Waals surface area contributed by atoms with Gasteiger partial charge in [-0.25, -0.2) is 4.79 Å². The number of anilines is 2. The highest BCUT2D eigenvalue weighted by molar-refractivity contribution is 5.94. The second-order valence-corrected chi connectivity index (χ2v) is 5.33. The zero-order chi connectivity index (χ0) is 13.7. The maximum atomic E-state index is 11.0. The lowest BCUT2D eigenvalue weighted by Gasteiger charge is -2.11. The number of aromatic carboxylic acids is 1. The van der Waals surface area contributed by atoms with E-state index >= 15 is 0 Å². The van der Waals surface area contributed by atoms with E-state index in [1.807, 2.05) is 6.07 Å². The molecule has 1 aromatic rings. The van der Waals surface area contributed by atoms with Crippen LogP contribution in [-0.4, -0.2) is 17.6 Å². The summed E-state index contributed by atoms with van der Waals surface area (Å²) in [7, 11) is 0. The van der Waals surface area contributed by atoms with Gasteiger partial charge in [-0.15, -0.1) is 0 Å². The molecule has 1 aromatic carbocycles. The molecule has 0 aromatic heterocycles. The Bertz CT molecular complexity index is 440. The average molecular weight is 262 g/mol. The molecule has 4 heteroatoms. The van der Waals surface area contributed by atoms with Crippen LogP contribution in [0.3, 0.4) is 0 Å². The number of carbonyl (C=O) groups is 1. The van der Waals surface area contributed by atoms with Crippen molar-refractivity contribution < 1.29 is 9.90 Å². The Morgan fingerprint density at radius 2 is 2.11 bits per heavy atom. The number of carboxylic acids is 1. The molecule has 1 aliphatic carbocycles. The van der Waals surface area contributed by atoms with Crippen molar-refractivity contribution in [1.29, 1.82) is 0 Å². The largest absolute Gasteiger partial charge is 0.478 e. The van der Waals surface area contributed by atoms with Gasteiger partial charge in [-0.05, 0) is 37.0 Å².